The molecule has 3 atom stereocenters. The number of piperidine rings is 1. The van der Waals surface area contributed by atoms with Crippen LogP contribution >= 0.6 is 0 Å². The number of aliphatic hydroxyl groups excluding tert-OH is 2. The zero-order valence-corrected chi connectivity index (χ0v) is 14.7. The predicted molar refractivity (Wildman–Crippen MR) is 92.6 cm³/mol. The molecule has 0 spiro atoms. The molecule has 0 bridgehead atoms. The van der Waals surface area contributed by atoms with E-state index in [1.807, 2.05) is 0 Å². The van der Waals surface area contributed by atoms with Crippen LogP contribution in [0.15, 0.2) is 12.1 Å². The summed E-state index contributed by atoms with van der Waals surface area (Å²) in [7, 11) is 3.33. The van der Waals surface area contributed by atoms with E-state index in [1.54, 1.807) is 14.2 Å². The first kappa shape index (κ1) is 17.5. The van der Waals surface area contributed by atoms with Gasteiger partial charge in [-0.15, -0.1) is 0 Å². The fourth-order valence-electron chi connectivity index (χ4n) is 4.22. The van der Waals surface area contributed by atoms with Crippen LogP contribution in [0.4, 0.5) is 0 Å². The van der Waals surface area contributed by atoms with Crippen molar-refractivity contribution in [1.82, 2.24) is 4.90 Å². The fraction of sp³-hybridized carbons (Fsp3) is 0.684. The third-order valence-electron chi connectivity index (χ3n) is 5.57. The average Bonchev–Trinajstić information content (AvgIpc) is 2.61. The highest BCUT2D eigenvalue weighted by molar-refractivity contribution is 5.49. The molecule has 24 heavy (non-hydrogen) atoms. The van der Waals surface area contributed by atoms with Crippen molar-refractivity contribution in [2.75, 3.05) is 33.9 Å². The van der Waals surface area contributed by atoms with Crippen molar-refractivity contribution in [3.8, 4) is 11.5 Å². The standard InChI is InChI=1S/C19H29NO4/c1-23-18-9-13-6-7-20-12-14(5-3-4-8-21)17(22)11-16(20)15(13)10-19(18)24-2/h9-10,14,16-17,21-22H,3-8,11-12H2,1-2H3/t14-,16-,17-/m1/s1. The normalized spacial score (nSPS) is 26.6. The van der Waals surface area contributed by atoms with Gasteiger partial charge in [-0.2, -0.15) is 0 Å². The summed E-state index contributed by atoms with van der Waals surface area (Å²) in [5.41, 5.74) is 2.58. The van der Waals surface area contributed by atoms with Gasteiger partial charge < -0.3 is 19.7 Å². The minimum absolute atomic E-state index is 0.240. The number of hydrogen-bond donors (Lipinski definition) is 2. The molecule has 1 aromatic carbocycles. The van der Waals surface area contributed by atoms with Crippen molar-refractivity contribution in [2.45, 2.75) is 44.2 Å². The van der Waals surface area contributed by atoms with Crippen molar-refractivity contribution in [1.29, 1.82) is 0 Å². The van der Waals surface area contributed by atoms with Gasteiger partial charge in [-0.1, -0.05) is 6.42 Å². The van der Waals surface area contributed by atoms with Gasteiger partial charge >= 0.3 is 0 Å². The van der Waals surface area contributed by atoms with E-state index in [0.717, 1.165) is 56.7 Å². The molecule has 1 fully saturated rings. The van der Waals surface area contributed by atoms with Gasteiger partial charge in [0.2, 0.25) is 0 Å². The van der Waals surface area contributed by atoms with E-state index in [4.69, 9.17) is 14.6 Å². The lowest BCUT2D eigenvalue weighted by Crippen LogP contribution is -2.48. The van der Waals surface area contributed by atoms with E-state index in [2.05, 4.69) is 17.0 Å². The highest BCUT2D eigenvalue weighted by atomic mass is 16.5. The molecule has 0 radical (unpaired) electrons. The van der Waals surface area contributed by atoms with Crippen molar-refractivity contribution < 1.29 is 19.7 Å². The Bertz CT molecular complexity index is 563. The number of hydrogen-bond acceptors (Lipinski definition) is 5. The van der Waals surface area contributed by atoms with Gasteiger partial charge in [0, 0.05) is 25.7 Å². The summed E-state index contributed by atoms with van der Waals surface area (Å²) in [6.07, 6.45) is 4.30. The van der Waals surface area contributed by atoms with E-state index >= 15 is 0 Å². The van der Waals surface area contributed by atoms with E-state index in [-0.39, 0.29) is 18.8 Å². The van der Waals surface area contributed by atoms with Gasteiger partial charge in [-0.3, -0.25) is 4.90 Å². The summed E-state index contributed by atoms with van der Waals surface area (Å²) in [6.45, 7) is 2.20. The molecule has 2 heterocycles. The molecule has 0 aliphatic carbocycles. The summed E-state index contributed by atoms with van der Waals surface area (Å²) in [4.78, 5) is 2.50. The topological polar surface area (TPSA) is 62.2 Å². The van der Waals surface area contributed by atoms with E-state index in [0.29, 0.717) is 5.92 Å². The molecule has 134 valence electrons. The lowest BCUT2D eigenvalue weighted by atomic mass is 9.80. The second-order valence-corrected chi connectivity index (χ2v) is 6.95. The molecule has 2 aliphatic heterocycles. The largest absolute Gasteiger partial charge is 0.493 e. The lowest BCUT2D eigenvalue weighted by Gasteiger charge is -2.46. The monoisotopic (exact) mass is 335 g/mol. The summed E-state index contributed by atoms with van der Waals surface area (Å²) in [5, 5.41) is 19.6. The minimum atomic E-state index is -0.274. The highest BCUT2D eigenvalue weighted by Gasteiger charge is 2.38. The average molecular weight is 335 g/mol. The minimum Gasteiger partial charge on any atom is -0.493 e. The van der Waals surface area contributed by atoms with E-state index < -0.39 is 0 Å². The van der Waals surface area contributed by atoms with Crippen molar-refractivity contribution in [3.05, 3.63) is 23.3 Å². The Balaban J connectivity index is 1.78. The van der Waals surface area contributed by atoms with Crippen LogP contribution in [0.1, 0.15) is 42.9 Å². The zero-order valence-electron chi connectivity index (χ0n) is 14.7. The number of ether oxygens (including phenoxy) is 2. The number of aliphatic hydroxyl groups is 2. The maximum absolute atomic E-state index is 10.6. The molecule has 0 unspecified atom stereocenters. The van der Waals surface area contributed by atoms with Crippen LogP contribution < -0.4 is 9.47 Å². The van der Waals surface area contributed by atoms with Gasteiger partial charge in [0.25, 0.3) is 0 Å². The molecule has 1 saturated heterocycles. The Morgan fingerprint density at radius 3 is 2.62 bits per heavy atom. The fourth-order valence-corrected chi connectivity index (χ4v) is 4.22. The van der Waals surface area contributed by atoms with Crippen molar-refractivity contribution in [3.63, 3.8) is 0 Å². The molecule has 1 aromatic rings. The number of nitrogens with zero attached hydrogens (tertiary/aromatic N) is 1. The maximum Gasteiger partial charge on any atom is 0.161 e. The predicted octanol–water partition coefficient (Wildman–Crippen LogP) is 2.15. The van der Waals surface area contributed by atoms with Crippen LogP contribution in [-0.2, 0) is 6.42 Å². The van der Waals surface area contributed by atoms with Gasteiger partial charge in [0.1, 0.15) is 0 Å². The van der Waals surface area contributed by atoms with Crippen LogP contribution in [0.5, 0.6) is 11.5 Å². The van der Waals surface area contributed by atoms with Gasteiger partial charge in [-0.05, 0) is 54.9 Å². The molecule has 5 heteroatoms. The van der Waals surface area contributed by atoms with E-state index in [9.17, 15) is 5.11 Å². The molecule has 3 rings (SSSR count). The molecule has 2 aliphatic rings. The third kappa shape index (κ3) is 3.39. The Kier molecular flexibility index (Phi) is 5.64. The van der Waals surface area contributed by atoms with Crippen LogP contribution in [0.25, 0.3) is 0 Å². The Labute approximate surface area is 144 Å². The Hall–Kier alpha value is -1.30. The molecule has 0 amide bonds. The number of rotatable bonds is 6. The van der Waals surface area contributed by atoms with Crippen molar-refractivity contribution >= 4 is 0 Å². The number of methoxy groups -OCH3 is 2. The Morgan fingerprint density at radius 2 is 1.92 bits per heavy atom. The van der Waals surface area contributed by atoms with Gasteiger partial charge in [0.05, 0.1) is 20.3 Å². The quantitative estimate of drug-likeness (QED) is 0.780. The zero-order chi connectivity index (χ0) is 17.1. The second kappa shape index (κ2) is 7.72. The highest BCUT2D eigenvalue weighted by Crippen LogP contribution is 2.43. The van der Waals surface area contributed by atoms with Crippen LogP contribution in [-0.4, -0.2) is 55.1 Å². The summed E-state index contributed by atoms with van der Waals surface area (Å²) in [5.74, 6) is 1.86. The molecular formula is C19H29NO4. The first-order valence-electron chi connectivity index (χ1n) is 8.95. The van der Waals surface area contributed by atoms with Crippen LogP contribution in [0.3, 0.4) is 0 Å². The maximum atomic E-state index is 10.6. The number of fused-ring (bicyclic) bond motifs is 3. The lowest BCUT2D eigenvalue weighted by molar-refractivity contribution is -0.0161. The number of unbranched alkanes of at least 4 members (excludes halogenated alkanes) is 1. The van der Waals surface area contributed by atoms with Gasteiger partial charge in [-0.25, -0.2) is 0 Å². The first-order valence-corrected chi connectivity index (χ1v) is 8.95. The summed E-state index contributed by atoms with van der Waals surface area (Å²) in [6, 6.07) is 4.44. The Morgan fingerprint density at radius 1 is 1.17 bits per heavy atom. The molecule has 5 nitrogen and oxygen atoms in total. The smallest absolute Gasteiger partial charge is 0.161 e. The molecular weight excluding hydrogens is 306 g/mol. The molecule has 0 saturated carbocycles. The molecule has 2 N–H and O–H groups in total. The van der Waals surface area contributed by atoms with Crippen LogP contribution in [0.2, 0.25) is 0 Å². The molecule has 0 aromatic heterocycles. The van der Waals surface area contributed by atoms with Gasteiger partial charge in [0.15, 0.2) is 11.5 Å². The SMILES string of the molecule is COc1cc2c(cc1OC)[C@H]1C[C@@H](O)[C@H](CCCCO)CN1CC2. The second-order valence-electron chi connectivity index (χ2n) is 6.95. The number of benzene rings is 1. The summed E-state index contributed by atoms with van der Waals surface area (Å²) >= 11 is 0. The van der Waals surface area contributed by atoms with Crippen molar-refractivity contribution in [2.24, 2.45) is 5.92 Å². The first-order chi connectivity index (χ1) is 11.7. The third-order valence-corrected chi connectivity index (χ3v) is 5.57. The van der Waals surface area contributed by atoms with Crippen LogP contribution in [0, 0.1) is 5.92 Å². The summed E-state index contributed by atoms with van der Waals surface area (Å²) < 4.78 is 10.9. The van der Waals surface area contributed by atoms with E-state index in [1.165, 1.54) is 11.1 Å².